The first kappa shape index (κ1) is 22.2. The average molecular weight is 421 g/mol. The van der Waals surface area contributed by atoms with Crippen LogP contribution in [0.4, 0.5) is 5.69 Å². The number of nitrogens with zero attached hydrogens (tertiary/aromatic N) is 2. The molecule has 1 fully saturated rings. The van der Waals surface area contributed by atoms with E-state index in [-0.39, 0.29) is 0 Å². The quantitative estimate of drug-likeness (QED) is 0.527. The van der Waals surface area contributed by atoms with Crippen molar-refractivity contribution in [3.8, 4) is 5.75 Å². The summed E-state index contributed by atoms with van der Waals surface area (Å²) in [5.74, 6) is 2.17. The molecule has 0 aromatic heterocycles. The maximum Gasteiger partial charge on any atom is 0.119 e. The van der Waals surface area contributed by atoms with E-state index in [1.54, 1.807) is 0 Å². The first-order valence-corrected chi connectivity index (χ1v) is 12.4. The Kier molecular flexibility index (Phi) is 7.55. The number of anilines is 1. The summed E-state index contributed by atoms with van der Waals surface area (Å²) in [6.45, 7) is 6.66. The lowest BCUT2D eigenvalue weighted by atomic mass is 9.80. The predicted octanol–water partition coefficient (Wildman–Crippen LogP) is 5.92. The van der Waals surface area contributed by atoms with Gasteiger partial charge in [0, 0.05) is 32.2 Å². The van der Waals surface area contributed by atoms with Gasteiger partial charge in [-0.1, -0.05) is 31.5 Å². The molecule has 2 atom stereocenters. The SMILES string of the molecule is CCCCN1CC[C@H](c2ccc(N(C)C)cc2)[C@@H](COc2ccc3c(c2)CCCC3)C1. The lowest BCUT2D eigenvalue weighted by molar-refractivity contribution is 0.110. The fraction of sp³-hybridized carbons (Fsp3) is 0.571. The predicted molar refractivity (Wildman–Crippen MR) is 132 cm³/mol. The second-order valence-corrected chi connectivity index (χ2v) is 9.74. The van der Waals surface area contributed by atoms with Crippen molar-refractivity contribution in [1.29, 1.82) is 0 Å². The lowest BCUT2D eigenvalue weighted by Crippen LogP contribution is -2.42. The molecule has 3 heteroatoms. The van der Waals surface area contributed by atoms with E-state index in [0.29, 0.717) is 11.8 Å². The number of ether oxygens (including phenoxy) is 1. The zero-order valence-electron chi connectivity index (χ0n) is 19.8. The molecule has 0 saturated carbocycles. The molecule has 1 heterocycles. The first-order chi connectivity index (χ1) is 15.1. The fourth-order valence-corrected chi connectivity index (χ4v) is 5.32. The molecule has 168 valence electrons. The second kappa shape index (κ2) is 10.5. The van der Waals surface area contributed by atoms with Crippen LogP contribution < -0.4 is 9.64 Å². The molecule has 2 aliphatic rings. The van der Waals surface area contributed by atoms with Gasteiger partial charge in [-0.25, -0.2) is 0 Å². The van der Waals surface area contributed by atoms with Crippen molar-refractivity contribution in [3.05, 3.63) is 59.2 Å². The summed E-state index contributed by atoms with van der Waals surface area (Å²) in [7, 11) is 4.22. The van der Waals surface area contributed by atoms with Crippen molar-refractivity contribution < 1.29 is 4.74 Å². The standard InChI is InChI=1S/C28H40N2O/c1-4-5-17-30-18-16-28(23-10-13-26(14-11-23)29(2)3)25(20-30)21-31-27-15-12-22-8-6-7-9-24(22)19-27/h10-15,19,25,28H,4-9,16-18,20-21H2,1-3H3/t25-,28-/m1/s1. The third kappa shape index (κ3) is 5.63. The van der Waals surface area contributed by atoms with Crippen LogP contribution in [0.25, 0.3) is 0 Å². The molecule has 2 aromatic carbocycles. The van der Waals surface area contributed by atoms with Crippen LogP contribution in [0.5, 0.6) is 5.75 Å². The molecule has 2 aromatic rings. The van der Waals surface area contributed by atoms with Gasteiger partial charge >= 0.3 is 0 Å². The summed E-state index contributed by atoms with van der Waals surface area (Å²) in [4.78, 5) is 4.84. The van der Waals surface area contributed by atoms with Gasteiger partial charge in [-0.15, -0.1) is 0 Å². The van der Waals surface area contributed by atoms with Gasteiger partial charge in [0.05, 0.1) is 6.61 Å². The van der Waals surface area contributed by atoms with E-state index in [1.165, 1.54) is 80.4 Å². The van der Waals surface area contributed by atoms with Gasteiger partial charge in [-0.3, -0.25) is 0 Å². The highest BCUT2D eigenvalue weighted by atomic mass is 16.5. The Labute approximate surface area is 189 Å². The Bertz CT molecular complexity index is 829. The Balaban J connectivity index is 1.46. The smallest absolute Gasteiger partial charge is 0.119 e. The lowest BCUT2D eigenvalue weighted by Gasteiger charge is -2.39. The van der Waals surface area contributed by atoms with Crippen LogP contribution in [-0.2, 0) is 12.8 Å². The van der Waals surface area contributed by atoms with E-state index in [4.69, 9.17) is 4.74 Å². The number of benzene rings is 2. The minimum Gasteiger partial charge on any atom is -0.493 e. The molecule has 0 amide bonds. The van der Waals surface area contributed by atoms with Gasteiger partial charge in [0.2, 0.25) is 0 Å². The van der Waals surface area contributed by atoms with Crippen LogP contribution in [0.15, 0.2) is 42.5 Å². The minimum absolute atomic E-state index is 0.534. The number of unbranched alkanes of at least 4 members (excludes halogenated alkanes) is 1. The highest BCUT2D eigenvalue weighted by molar-refractivity contribution is 5.46. The normalized spacial score (nSPS) is 21.5. The Morgan fingerprint density at radius 3 is 2.52 bits per heavy atom. The molecule has 31 heavy (non-hydrogen) atoms. The van der Waals surface area contributed by atoms with Gasteiger partial charge in [-0.05, 0) is 98.5 Å². The molecule has 0 bridgehead atoms. The number of fused-ring (bicyclic) bond motifs is 1. The number of piperidine rings is 1. The summed E-state index contributed by atoms with van der Waals surface area (Å²) >= 11 is 0. The summed E-state index contributed by atoms with van der Waals surface area (Å²) < 4.78 is 6.44. The topological polar surface area (TPSA) is 15.7 Å². The zero-order chi connectivity index (χ0) is 21.6. The van der Waals surface area contributed by atoms with Gasteiger partial charge < -0.3 is 14.5 Å². The highest BCUT2D eigenvalue weighted by Gasteiger charge is 2.31. The van der Waals surface area contributed by atoms with E-state index in [0.717, 1.165) is 18.9 Å². The van der Waals surface area contributed by atoms with Crippen molar-refractivity contribution in [1.82, 2.24) is 4.90 Å². The largest absolute Gasteiger partial charge is 0.493 e. The maximum absolute atomic E-state index is 6.44. The summed E-state index contributed by atoms with van der Waals surface area (Å²) in [6, 6.07) is 16.0. The number of aryl methyl sites for hydroxylation is 2. The van der Waals surface area contributed by atoms with Crippen LogP contribution in [0.2, 0.25) is 0 Å². The van der Waals surface area contributed by atoms with Gasteiger partial charge in [0.15, 0.2) is 0 Å². The monoisotopic (exact) mass is 420 g/mol. The van der Waals surface area contributed by atoms with E-state index in [2.05, 4.69) is 73.3 Å². The molecule has 1 saturated heterocycles. The zero-order valence-corrected chi connectivity index (χ0v) is 19.8. The van der Waals surface area contributed by atoms with E-state index in [1.807, 2.05) is 0 Å². The first-order valence-electron chi connectivity index (χ1n) is 12.4. The molecule has 1 aliphatic carbocycles. The van der Waals surface area contributed by atoms with Crippen molar-refractivity contribution in [3.63, 3.8) is 0 Å². The van der Waals surface area contributed by atoms with Crippen molar-refractivity contribution in [2.24, 2.45) is 5.92 Å². The Morgan fingerprint density at radius 2 is 1.77 bits per heavy atom. The molecule has 0 unspecified atom stereocenters. The molecule has 3 nitrogen and oxygen atoms in total. The summed E-state index contributed by atoms with van der Waals surface area (Å²) in [6.07, 6.45) is 8.87. The van der Waals surface area contributed by atoms with E-state index >= 15 is 0 Å². The Morgan fingerprint density at radius 1 is 1.00 bits per heavy atom. The molecular weight excluding hydrogens is 380 g/mol. The minimum atomic E-state index is 0.534. The third-order valence-electron chi connectivity index (χ3n) is 7.27. The maximum atomic E-state index is 6.44. The van der Waals surface area contributed by atoms with E-state index in [9.17, 15) is 0 Å². The van der Waals surface area contributed by atoms with Crippen LogP contribution >= 0.6 is 0 Å². The van der Waals surface area contributed by atoms with E-state index < -0.39 is 0 Å². The van der Waals surface area contributed by atoms with Gasteiger partial charge in [-0.2, -0.15) is 0 Å². The van der Waals surface area contributed by atoms with Crippen molar-refractivity contribution in [2.75, 3.05) is 45.2 Å². The molecular formula is C28H40N2O. The molecule has 4 rings (SSSR count). The third-order valence-corrected chi connectivity index (χ3v) is 7.27. The molecule has 1 aliphatic heterocycles. The second-order valence-electron chi connectivity index (χ2n) is 9.74. The molecule has 0 spiro atoms. The van der Waals surface area contributed by atoms with Crippen LogP contribution in [0.1, 0.15) is 61.6 Å². The summed E-state index contributed by atoms with van der Waals surface area (Å²) in [5, 5.41) is 0. The van der Waals surface area contributed by atoms with Gasteiger partial charge in [0.1, 0.15) is 5.75 Å². The molecule has 0 radical (unpaired) electrons. The summed E-state index contributed by atoms with van der Waals surface area (Å²) in [5.41, 5.74) is 5.78. The highest BCUT2D eigenvalue weighted by Crippen LogP contribution is 2.35. The number of likely N-dealkylation sites (tertiary alicyclic amines) is 1. The van der Waals surface area contributed by atoms with Crippen molar-refractivity contribution in [2.45, 2.75) is 57.8 Å². The van der Waals surface area contributed by atoms with Gasteiger partial charge in [0.25, 0.3) is 0 Å². The molecule has 0 N–H and O–H groups in total. The Hall–Kier alpha value is -2.00. The fourth-order valence-electron chi connectivity index (χ4n) is 5.32. The number of rotatable bonds is 8. The number of hydrogen-bond acceptors (Lipinski definition) is 3. The average Bonchev–Trinajstić information content (AvgIpc) is 2.81. The van der Waals surface area contributed by atoms with Crippen LogP contribution in [0, 0.1) is 5.92 Å². The van der Waals surface area contributed by atoms with Crippen molar-refractivity contribution >= 4 is 5.69 Å². The van der Waals surface area contributed by atoms with Crippen LogP contribution in [-0.4, -0.2) is 45.2 Å². The van der Waals surface area contributed by atoms with Crippen LogP contribution in [0.3, 0.4) is 0 Å². The number of hydrogen-bond donors (Lipinski definition) is 0.